The lowest BCUT2D eigenvalue weighted by Gasteiger charge is -2.11. The summed E-state index contributed by atoms with van der Waals surface area (Å²) in [6.45, 7) is 2.57. The predicted octanol–water partition coefficient (Wildman–Crippen LogP) is 4.74. The summed E-state index contributed by atoms with van der Waals surface area (Å²) < 4.78 is 11.3. The van der Waals surface area contributed by atoms with Gasteiger partial charge in [0.05, 0.1) is 7.11 Å². The van der Waals surface area contributed by atoms with E-state index in [1.54, 1.807) is 7.11 Å². The highest BCUT2D eigenvalue weighted by Gasteiger charge is 2.05. The van der Waals surface area contributed by atoms with Crippen LogP contribution >= 0.6 is 0 Å². The molecule has 2 nitrogen and oxygen atoms in total. The van der Waals surface area contributed by atoms with Crippen molar-refractivity contribution in [3.8, 4) is 11.5 Å². The van der Waals surface area contributed by atoms with Crippen LogP contribution in [0.3, 0.4) is 0 Å². The summed E-state index contributed by atoms with van der Waals surface area (Å²) in [5.74, 6) is 1.55. The quantitative estimate of drug-likeness (QED) is 0.686. The molecule has 3 aromatic carbocycles. The average molecular weight is 278 g/mol. The van der Waals surface area contributed by atoms with Crippen molar-refractivity contribution < 1.29 is 9.47 Å². The fourth-order valence-corrected chi connectivity index (χ4v) is 2.38. The third kappa shape index (κ3) is 3.00. The van der Waals surface area contributed by atoms with Crippen LogP contribution in [0.2, 0.25) is 0 Å². The van der Waals surface area contributed by atoms with Gasteiger partial charge < -0.3 is 9.47 Å². The number of benzene rings is 3. The number of hydrogen-bond donors (Lipinski definition) is 0. The fourth-order valence-electron chi connectivity index (χ4n) is 2.38. The first kappa shape index (κ1) is 13.5. The Morgan fingerprint density at radius 3 is 2.43 bits per heavy atom. The topological polar surface area (TPSA) is 18.5 Å². The van der Waals surface area contributed by atoms with Gasteiger partial charge in [-0.2, -0.15) is 0 Å². The Morgan fingerprint density at radius 1 is 0.810 bits per heavy atom. The van der Waals surface area contributed by atoms with Gasteiger partial charge in [0.2, 0.25) is 0 Å². The van der Waals surface area contributed by atoms with Crippen LogP contribution in [-0.4, -0.2) is 7.11 Å². The summed E-state index contributed by atoms with van der Waals surface area (Å²) in [6, 6.07) is 20.7. The van der Waals surface area contributed by atoms with Gasteiger partial charge in [-0.3, -0.25) is 0 Å². The monoisotopic (exact) mass is 278 g/mol. The largest absolute Gasteiger partial charge is 0.493 e. The van der Waals surface area contributed by atoms with E-state index in [1.807, 2.05) is 25.1 Å². The van der Waals surface area contributed by atoms with Crippen molar-refractivity contribution in [2.75, 3.05) is 7.11 Å². The summed E-state index contributed by atoms with van der Waals surface area (Å²) in [4.78, 5) is 0. The van der Waals surface area contributed by atoms with Gasteiger partial charge in [0.1, 0.15) is 6.61 Å². The molecule has 0 unspecified atom stereocenters. The minimum atomic E-state index is 0.532. The van der Waals surface area contributed by atoms with Gasteiger partial charge in [0.15, 0.2) is 11.5 Å². The molecular weight excluding hydrogens is 260 g/mol. The Hall–Kier alpha value is -2.48. The van der Waals surface area contributed by atoms with Crippen molar-refractivity contribution in [2.24, 2.45) is 0 Å². The molecule has 0 fully saturated rings. The molecule has 0 aliphatic rings. The van der Waals surface area contributed by atoms with Crippen LogP contribution in [0, 0.1) is 6.92 Å². The summed E-state index contributed by atoms with van der Waals surface area (Å²) in [7, 11) is 1.66. The molecule has 106 valence electrons. The van der Waals surface area contributed by atoms with Crippen molar-refractivity contribution >= 4 is 10.8 Å². The maximum Gasteiger partial charge on any atom is 0.161 e. The maximum absolute atomic E-state index is 5.89. The molecule has 0 N–H and O–H groups in total. The Morgan fingerprint density at radius 2 is 1.62 bits per heavy atom. The number of fused-ring (bicyclic) bond motifs is 1. The van der Waals surface area contributed by atoms with Gasteiger partial charge in [0, 0.05) is 0 Å². The third-order valence-electron chi connectivity index (χ3n) is 3.53. The Kier molecular flexibility index (Phi) is 3.78. The standard InChI is InChI=1S/C19H18O2/c1-14-7-10-18(19(11-14)20-2)21-13-15-8-9-16-5-3-4-6-17(16)12-15/h3-12H,13H2,1-2H3. The summed E-state index contributed by atoms with van der Waals surface area (Å²) in [5.41, 5.74) is 2.31. The van der Waals surface area contributed by atoms with Gasteiger partial charge >= 0.3 is 0 Å². The molecule has 0 saturated heterocycles. The smallest absolute Gasteiger partial charge is 0.161 e. The van der Waals surface area contributed by atoms with E-state index in [1.165, 1.54) is 10.8 Å². The van der Waals surface area contributed by atoms with Crippen molar-refractivity contribution in [3.63, 3.8) is 0 Å². The van der Waals surface area contributed by atoms with E-state index in [2.05, 4.69) is 42.5 Å². The third-order valence-corrected chi connectivity index (χ3v) is 3.53. The Bertz CT molecular complexity index is 762. The van der Waals surface area contributed by atoms with Crippen molar-refractivity contribution in [1.29, 1.82) is 0 Å². The molecule has 0 atom stereocenters. The van der Waals surface area contributed by atoms with E-state index in [-0.39, 0.29) is 0 Å². The maximum atomic E-state index is 5.89. The summed E-state index contributed by atoms with van der Waals surface area (Å²) in [5, 5.41) is 2.48. The van der Waals surface area contributed by atoms with E-state index >= 15 is 0 Å². The SMILES string of the molecule is COc1cc(C)ccc1OCc1ccc2ccccc2c1. The molecule has 21 heavy (non-hydrogen) atoms. The van der Waals surface area contributed by atoms with Crippen LogP contribution in [0.15, 0.2) is 60.7 Å². The summed E-state index contributed by atoms with van der Waals surface area (Å²) in [6.07, 6.45) is 0. The summed E-state index contributed by atoms with van der Waals surface area (Å²) >= 11 is 0. The van der Waals surface area contributed by atoms with E-state index in [0.29, 0.717) is 6.61 Å². The number of aryl methyl sites for hydroxylation is 1. The second kappa shape index (κ2) is 5.88. The average Bonchev–Trinajstić information content (AvgIpc) is 2.53. The zero-order valence-electron chi connectivity index (χ0n) is 12.3. The minimum absolute atomic E-state index is 0.532. The van der Waals surface area contributed by atoms with E-state index < -0.39 is 0 Å². The minimum Gasteiger partial charge on any atom is -0.493 e. The van der Waals surface area contributed by atoms with Crippen LogP contribution in [-0.2, 0) is 6.61 Å². The molecule has 0 aromatic heterocycles. The lowest BCUT2D eigenvalue weighted by molar-refractivity contribution is 0.284. The molecule has 0 heterocycles. The van der Waals surface area contributed by atoms with Gasteiger partial charge in [-0.25, -0.2) is 0 Å². The van der Waals surface area contributed by atoms with Crippen LogP contribution in [0.5, 0.6) is 11.5 Å². The second-order valence-electron chi connectivity index (χ2n) is 5.12. The molecule has 2 heteroatoms. The first-order chi connectivity index (χ1) is 10.3. The number of ether oxygens (including phenoxy) is 2. The van der Waals surface area contributed by atoms with Crippen LogP contribution in [0.4, 0.5) is 0 Å². The van der Waals surface area contributed by atoms with Crippen molar-refractivity contribution in [1.82, 2.24) is 0 Å². The molecule has 0 spiro atoms. The molecule has 0 aliphatic heterocycles. The van der Waals surface area contributed by atoms with Gasteiger partial charge in [-0.05, 0) is 47.0 Å². The molecule has 3 rings (SSSR count). The zero-order valence-corrected chi connectivity index (χ0v) is 12.3. The Labute approximate surface area is 124 Å². The zero-order chi connectivity index (χ0) is 14.7. The van der Waals surface area contributed by atoms with E-state index in [4.69, 9.17) is 9.47 Å². The molecule has 0 bridgehead atoms. The van der Waals surface area contributed by atoms with E-state index in [9.17, 15) is 0 Å². The van der Waals surface area contributed by atoms with Gasteiger partial charge in [0.25, 0.3) is 0 Å². The van der Waals surface area contributed by atoms with Crippen molar-refractivity contribution in [3.05, 3.63) is 71.8 Å². The molecular formula is C19H18O2. The first-order valence-electron chi connectivity index (χ1n) is 7.01. The fraction of sp³-hybridized carbons (Fsp3) is 0.158. The molecule has 0 aliphatic carbocycles. The molecule has 0 saturated carbocycles. The lowest BCUT2D eigenvalue weighted by atomic mass is 10.1. The lowest BCUT2D eigenvalue weighted by Crippen LogP contribution is -1.98. The number of hydrogen-bond acceptors (Lipinski definition) is 2. The Balaban J connectivity index is 1.80. The highest BCUT2D eigenvalue weighted by atomic mass is 16.5. The van der Waals surface area contributed by atoms with Crippen LogP contribution in [0.25, 0.3) is 10.8 Å². The van der Waals surface area contributed by atoms with E-state index in [0.717, 1.165) is 22.6 Å². The molecule has 0 radical (unpaired) electrons. The number of methoxy groups -OCH3 is 1. The van der Waals surface area contributed by atoms with Gasteiger partial charge in [-0.15, -0.1) is 0 Å². The van der Waals surface area contributed by atoms with Crippen molar-refractivity contribution in [2.45, 2.75) is 13.5 Å². The highest BCUT2D eigenvalue weighted by molar-refractivity contribution is 5.82. The second-order valence-corrected chi connectivity index (χ2v) is 5.12. The normalized spacial score (nSPS) is 10.6. The predicted molar refractivity (Wildman–Crippen MR) is 86.0 cm³/mol. The molecule has 0 amide bonds. The van der Waals surface area contributed by atoms with Crippen LogP contribution < -0.4 is 9.47 Å². The van der Waals surface area contributed by atoms with Gasteiger partial charge in [-0.1, -0.05) is 42.5 Å². The molecule has 3 aromatic rings. The highest BCUT2D eigenvalue weighted by Crippen LogP contribution is 2.28. The number of rotatable bonds is 4. The first-order valence-corrected chi connectivity index (χ1v) is 7.01. The van der Waals surface area contributed by atoms with Crippen LogP contribution in [0.1, 0.15) is 11.1 Å².